The maximum atomic E-state index is 13.9. The van der Waals surface area contributed by atoms with Crippen molar-refractivity contribution in [3.8, 4) is 0 Å². The molecule has 0 bridgehead atoms. The van der Waals surface area contributed by atoms with Gasteiger partial charge < -0.3 is 5.32 Å². The third kappa shape index (κ3) is 3.57. The number of sulfonamides is 1. The van der Waals surface area contributed by atoms with E-state index < -0.39 is 32.3 Å². The first-order valence-electron chi connectivity index (χ1n) is 9.00. The number of rotatable bonds is 4. The number of Topliss-reactive ketones (excluding diaryl/α,β-unsaturated/α-hetero) is 1. The van der Waals surface area contributed by atoms with E-state index >= 15 is 0 Å². The zero-order valence-electron chi connectivity index (χ0n) is 15.5. The zero-order valence-corrected chi connectivity index (χ0v) is 16.4. The third-order valence-corrected chi connectivity index (χ3v) is 6.43. The predicted molar refractivity (Wildman–Crippen MR) is 110 cm³/mol. The number of benzene rings is 3. The van der Waals surface area contributed by atoms with Crippen molar-refractivity contribution in [1.82, 2.24) is 0 Å². The minimum atomic E-state index is -4.25. The number of hydrogen-bond acceptors (Lipinski definition) is 4. The van der Waals surface area contributed by atoms with Gasteiger partial charge in [-0.1, -0.05) is 42.5 Å². The van der Waals surface area contributed by atoms with Gasteiger partial charge in [0.2, 0.25) is 5.78 Å². The maximum absolute atomic E-state index is 13.9. The minimum Gasteiger partial charge on any atom is -0.358 e. The number of ketones is 1. The van der Waals surface area contributed by atoms with Gasteiger partial charge in [-0.15, -0.1) is 0 Å². The van der Waals surface area contributed by atoms with Crippen LogP contribution in [0.15, 0.2) is 83.9 Å². The largest absolute Gasteiger partial charge is 0.358 e. The third-order valence-electron chi connectivity index (χ3n) is 4.67. The molecular weight excluding hydrogens is 410 g/mol. The molecular formula is C22H16F2N2O3S. The van der Waals surface area contributed by atoms with Crippen LogP contribution in [0.3, 0.4) is 0 Å². The average Bonchev–Trinajstić information content (AvgIpc) is 2.74. The van der Waals surface area contributed by atoms with Gasteiger partial charge in [-0.2, -0.15) is 0 Å². The van der Waals surface area contributed by atoms with E-state index in [9.17, 15) is 22.0 Å². The van der Waals surface area contributed by atoms with Crippen LogP contribution in [0.25, 0.3) is 0 Å². The summed E-state index contributed by atoms with van der Waals surface area (Å²) in [4.78, 5) is 12.4. The number of anilines is 2. The first-order chi connectivity index (χ1) is 14.4. The summed E-state index contributed by atoms with van der Waals surface area (Å²) in [5, 5.41) is 2.42. The number of halogens is 2. The molecule has 0 spiro atoms. The molecule has 0 saturated carbocycles. The van der Waals surface area contributed by atoms with Crippen LogP contribution in [0.4, 0.5) is 20.2 Å². The molecule has 0 aliphatic carbocycles. The number of hydrogen-bond donors (Lipinski definition) is 1. The van der Waals surface area contributed by atoms with Gasteiger partial charge in [0.1, 0.15) is 11.6 Å². The lowest BCUT2D eigenvalue weighted by atomic mass is 10.1. The lowest BCUT2D eigenvalue weighted by Gasteiger charge is -2.31. The highest BCUT2D eigenvalue weighted by atomic mass is 32.2. The molecule has 30 heavy (non-hydrogen) atoms. The van der Waals surface area contributed by atoms with Gasteiger partial charge >= 0.3 is 0 Å². The molecule has 0 aromatic heterocycles. The van der Waals surface area contributed by atoms with Crippen LogP contribution in [-0.4, -0.2) is 14.2 Å². The van der Waals surface area contributed by atoms with Crippen LogP contribution >= 0.6 is 0 Å². The van der Waals surface area contributed by atoms with Gasteiger partial charge in [0, 0.05) is 17.8 Å². The molecule has 0 amide bonds. The van der Waals surface area contributed by atoms with Crippen molar-refractivity contribution in [2.45, 2.75) is 6.54 Å². The highest BCUT2D eigenvalue weighted by Crippen LogP contribution is 2.36. The topological polar surface area (TPSA) is 66.5 Å². The van der Waals surface area contributed by atoms with Gasteiger partial charge in [-0.25, -0.2) is 17.2 Å². The average molecular weight is 426 g/mol. The summed E-state index contributed by atoms with van der Waals surface area (Å²) in [5.41, 5.74) is 0.920. The zero-order chi connectivity index (χ0) is 21.3. The van der Waals surface area contributed by atoms with Gasteiger partial charge in [0.05, 0.1) is 17.9 Å². The summed E-state index contributed by atoms with van der Waals surface area (Å²) < 4.78 is 55.1. The summed E-state index contributed by atoms with van der Waals surface area (Å²) in [6, 6.07) is 18.0. The van der Waals surface area contributed by atoms with Crippen LogP contribution in [0, 0.1) is 11.6 Å². The number of para-hydroxylation sites is 1. The first kappa shape index (κ1) is 19.8. The molecule has 1 N–H and O–H groups in total. The molecule has 8 heteroatoms. The molecule has 0 fully saturated rings. The summed E-state index contributed by atoms with van der Waals surface area (Å²) in [6.45, 7) is 0.0130. The van der Waals surface area contributed by atoms with Gasteiger partial charge in [-0.05, 0) is 29.8 Å². The molecule has 1 heterocycles. The SMILES string of the molecule is O=C1/C(=C/Nc2cc(F)ccc2F)S(=O)(=O)N(Cc2ccccc2)c2ccccc21. The second kappa shape index (κ2) is 7.72. The number of carbonyl (C=O) groups excluding carboxylic acids is 1. The van der Waals surface area contributed by atoms with Crippen LogP contribution in [0.5, 0.6) is 0 Å². The molecule has 0 saturated heterocycles. The Hall–Kier alpha value is -3.52. The van der Waals surface area contributed by atoms with Gasteiger partial charge in [0.25, 0.3) is 10.0 Å². The molecule has 3 aromatic rings. The molecule has 0 radical (unpaired) electrons. The number of carbonyl (C=O) groups is 1. The number of allylic oxidation sites excluding steroid dienone is 1. The van der Waals surface area contributed by atoms with Crippen molar-refractivity contribution in [2.24, 2.45) is 0 Å². The first-order valence-corrected chi connectivity index (χ1v) is 10.4. The summed E-state index contributed by atoms with van der Waals surface area (Å²) >= 11 is 0. The second-order valence-corrected chi connectivity index (χ2v) is 8.45. The van der Waals surface area contributed by atoms with Crippen LogP contribution in [0.2, 0.25) is 0 Å². The van der Waals surface area contributed by atoms with Crippen LogP contribution in [0.1, 0.15) is 15.9 Å². The van der Waals surface area contributed by atoms with Crippen molar-refractivity contribution in [2.75, 3.05) is 9.62 Å². The molecule has 0 atom stereocenters. The van der Waals surface area contributed by atoms with Crippen molar-refractivity contribution >= 4 is 27.2 Å². The molecule has 152 valence electrons. The van der Waals surface area contributed by atoms with Crippen molar-refractivity contribution in [1.29, 1.82) is 0 Å². The Labute approximate surface area is 172 Å². The molecule has 3 aromatic carbocycles. The standard InChI is InChI=1S/C22H16F2N2O3S/c23-16-10-11-18(24)19(12-16)25-13-21-22(27)17-8-4-5-9-20(17)26(30(21,28)29)14-15-6-2-1-3-7-15/h1-13,25H,14H2/b21-13-. The summed E-state index contributed by atoms with van der Waals surface area (Å²) in [6.07, 6.45) is 0.906. The Bertz CT molecular complexity index is 1260. The van der Waals surface area contributed by atoms with Gasteiger partial charge in [0.15, 0.2) is 4.91 Å². The Kier molecular flexibility index (Phi) is 5.09. The highest BCUT2D eigenvalue weighted by Gasteiger charge is 2.40. The monoisotopic (exact) mass is 426 g/mol. The highest BCUT2D eigenvalue weighted by molar-refractivity contribution is 7.97. The van der Waals surface area contributed by atoms with Crippen molar-refractivity contribution < 1.29 is 22.0 Å². The second-order valence-electron chi connectivity index (χ2n) is 6.62. The minimum absolute atomic E-state index is 0.0130. The molecule has 1 aliphatic heterocycles. The van der Waals surface area contributed by atoms with E-state index in [1.54, 1.807) is 42.5 Å². The van der Waals surface area contributed by atoms with E-state index in [0.29, 0.717) is 0 Å². The molecule has 4 rings (SSSR count). The Morgan fingerprint density at radius 1 is 0.933 bits per heavy atom. The molecule has 0 unspecified atom stereocenters. The van der Waals surface area contributed by atoms with Crippen molar-refractivity contribution in [3.05, 3.63) is 107 Å². The van der Waals surface area contributed by atoms with Gasteiger partial charge in [-0.3, -0.25) is 9.10 Å². The molecule has 1 aliphatic rings. The fraction of sp³-hybridized carbons (Fsp3) is 0.0455. The quantitative estimate of drug-likeness (QED) is 0.626. The van der Waals surface area contributed by atoms with E-state index in [4.69, 9.17) is 0 Å². The lowest BCUT2D eigenvalue weighted by Crippen LogP contribution is -2.39. The number of nitrogens with one attached hydrogen (secondary N) is 1. The van der Waals surface area contributed by atoms with E-state index in [1.165, 1.54) is 6.07 Å². The lowest BCUT2D eigenvalue weighted by molar-refractivity contribution is 0.104. The summed E-state index contributed by atoms with van der Waals surface area (Å²) in [7, 11) is -4.25. The van der Waals surface area contributed by atoms with E-state index in [2.05, 4.69) is 5.32 Å². The maximum Gasteiger partial charge on any atom is 0.270 e. The van der Waals surface area contributed by atoms with Crippen LogP contribution < -0.4 is 9.62 Å². The van der Waals surface area contributed by atoms with E-state index in [1.807, 2.05) is 6.07 Å². The summed E-state index contributed by atoms with van der Waals surface area (Å²) in [5.74, 6) is -2.21. The van der Waals surface area contributed by atoms with Crippen molar-refractivity contribution in [3.63, 3.8) is 0 Å². The normalized spacial score (nSPS) is 16.4. The Morgan fingerprint density at radius 3 is 2.40 bits per heavy atom. The number of fused-ring (bicyclic) bond motifs is 1. The molecule has 5 nitrogen and oxygen atoms in total. The van der Waals surface area contributed by atoms with Crippen LogP contribution in [-0.2, 0) is 16.6 Å². The fourth-order valence-corrected chi connectivity index (χ4v) is 4.72. The Morgan fingerprint density at radius 2 is 1.63 bits per heavy atom. The Balaban J connectivity index is 1.80. The smallest absolute Gasteiger partial charge is 0.270 e. The van der Waals surface area contributed by atoms with E-state index in [0.717, 1.165) is 34.3 Å². The van der Waals surface area contributed by atoms with E-state index in [-0.39, 0.29) is 23.5 Å². The number of nitrogens with zero attached hydrogens (tertiary/aromatic N) is 1. The fourth-order valence-electron chi connectivity index (χ4n) is 3.19. The predicted octanol–water partition coefficient (Wildman–Crippen LogP) is 4.45.